The molecular weight excluding hydrogens is 777 g/mol. The van der Waals surface area contributed by atoms with Crippen molar-refractivity contribution in [2.75, 3.05) is 34.3 Å². The molecule has 4 fully saturated rings. The molecule has 6 heterocycles. The molecule has 4 aliphatic rings. The van der Waals surface area contributed by atoms with E-state index in [0.29, 0.717) is 12.2 Å². The van der Waals surface area contributed by atoms with Gasteiger partial charge in [0.25, 0.3) is 0 Å². The van der Waals surface area contributed by atoms with Crippen LogP contribution in [0.15, 0.2) is 30.6 Å². The zero-order valence-corrected chi connectivity index (χ0v) is 36.9. The average Bonchev–Trinajstić information content (AvgIpc) is 3.87. The van der Waals surface area contributed by atoms with Gasteiger partial charge in [-0.05, 0) is 86.3 Å². The maximum atomic E-state index is 15.1. The minimum Gasteiger partial charge on any atom is -0.458 e. The van der Waals surface area contributed by atoms with E-state index in [0.717, 1.165) is 9.75 Å². The average molecular weight is 837 g/mol. The molecule has 59 heavy (non-hydrogen) atoms. The van der Waals surface area contributed by atoms with Gasteiger partial charge in [0.05, 0.1) is 27.6 Å². The molecule has 322 valence electrons. The maximum Gasteiger partial charge on any atom is 0.324 e. The number of carbonyl (C=O) groups is 4. The summed E-state index contributed by atoms with van der Waals surface area (Å²) >= 11 is 1.44. The first-order chi connectivity index (χ1) is 27.7. The number of ether oxygens (including phenoxy) is 5. The van der Waals surface area contributed by atoms with E-state index in [1.165, 1.54) is 18.3 Å². The van der Waals surface area contributed by atoms with E-state index in [1.54, 1.807) is 46.3 Å². The SMILES string of the molecule is CC[C@H]1OC(=O)[C@H](C)C(=O)[C@H](C)[C@@H](O[C@@H]2O[C@H](C)C[C@H](N(C)C)[C@H]2O)[C@@](C)(OCC#Cc2ccc(-c3ncccn3)s2)C[C@@H](C)C(=O)[C@]2(C)CN(C)[C@H]3C(=O)O[C@@]1(C)[C@H]32. The van der Waals surface area contributed by atoms with Crippen molar-refractivity contribution in [3.63, 3.8) is 0 Å². The van der Waals surface area contributed by atoms with Crippen LogP contribution in [0.4, 0.5) is 0 Å². The first-order valence-corrected chi connectivity index (χ1v) is 21.4. The Kier molecular flexibility index (Phi) is 13.2. The van der Waals surface area contributed by atoms with Gasteiger partial charge in [0.2, 0.25) is 0 Å². The van der Waals surface area contributed by atoms with Gasteiger partial charge in [0, 0.05) is 48.1 Å². The summed E-state index contributed by atoms with van der Waals surface area (Å²) in [6.45, 7) is 14.3. The topological polar surface area (TPSA) is 167 Å². The molecule has 0 amide bonds. The van der Waals surface area contributed by atoms with E-state index in [4.69, 9.17) is 23.7 Å². The Hall–Kier alpha value is -3.62. The van der Waals surface area contributed by atoms with Crippen molar-refractivity contribution in [1.82, 2.24) is 19.8 Å². The Morgan fingerprint density at radius 2 is 1.75 bits per heavy atom. The number of carbonyl (C=O) groups excluding carboxylic acids is 4. The number of hydrogen-bond donors (Lipinski definition) is 1. The van der Waals surface area contributed by atoms with Crippen LogP contribution in [0.3, 0.4) is 0 Å². The van der Waals surface area contributed by atoms with Crippen LogP contribution < -0.4 is 0 Å². The summed E-state index contributed by atoms with van der Waals surface area (Å²) < 4.78 is 32.0. The Balaban J connectivity index is 1.42. The molecule has 0 saturated carbocycles. The van der Waals surface area contributed by atoms with Crippen LogP contribution >= 0.6 is 11.3 Å². The second-order valence-electron chi connectivity index (χ2n) is 17.8. The minimum atomic E-state index is -1.42. The number of cyclic esters (lactones) is 1. The standard InChI is InChI=1S/C44H60N4O10S/c1-12-31-44(8)35-32(40(53)58-44)48(11)23-42(35,6)36(51)24(2)22-43(7,54-20-13-15-28-16-17-30(59-28)38-45-18-14-19-46-38)37(26(4)33(49)27(5)39(52)56-31)57-41-34(50)29(47(9)10)21-25(3)55-41/h14,16-19,24-27,29,31-32,34-35,37,41,50H,12,20-23H2,1-11H3/t24-,25-,26+,27-,29+,31-,32-,34-,35-,37-,41+,42-,43+,44-/m1/s1. The molecule has 14 nitrogen and oxygen atoms in total. The van der Waals surface area contributed by atoms with Crippen LogP contribution in [0.1, 0.15) is 79.5 Å². The Morgan fingerprint density at radius 1 is 1.05 bits per heavy atom. The fraction of sp³-hybridized carbons (Fsp3) is 0.682. The molecule has 14 atom stereocenters. The number of likely N-dealkylation sites (tertiary alicyclic amines) is 1. The fourth-order valence-corrected chi connectivity index (χ4v) is 11.1. The number of Topliss-reactive ketones (excluding diaryl/α,β-unsaturated/α-hetero) is 2. The van der Waals surface area contributed by atoms with E-state index in [2.05, 4.69) is 21.8 Å². The minimum absolute atomic E-state index is 0.0675. The number of hydrogen-bond acceptors (Lipinski definition) is 15. The van der Waals surface area contributed by atoms with Crippen molar-refractivity contribution in [1.29, 1.82) is 0 Å². The van der Waals surface area contributed by atoms with Gasteiger partial charge in [-0.2, -0.15) is 0 Å². The number of likely N-dealkylation sites (N-methyl/N-ethyl adjacent to an activating group) is 2. The van der Waals surface area contributed by atoms with Crippen molar-refractivity contribution in [2.45, 2.75) is 129 Å². The summed E-state index contributed by atoms with van der Waals surface area (Å²) in [4.78, 5) is 71.4. The van der Waals surface area contributed by atoms with Crippen molar-refractivity contribution < 1.29 is 48.0 Å². The summed E-state index contributed by atoms with van der Waals surface area (Å²) in [6, 6.07) is 4.48. The molecule has 15 heteroatoms. The summed E-state index contributed by atoms with van der Waals surface area (Å²) in [7, 11) is 5.54. The lowest BCUT2D eigenvalue weighted by Crippen LogP contribution is -2.60. The zero-order chi connectivity index (χ0) is 43.2. The van der Waals surface area contributed by atoms with Crippen LogP contribution in [0.25, 0.3) is 10.7 Å². The summed E-state index contributed by atoms with van der Waals surface area (Å²) in [5.74, 6) is 1.36. The number of ketones is 2. The fourth-order valence-electron chi connectivity index (χ4n) is 10.3. The molecule has 2 aromatic rings. The van der Waals surface area contributed by atoms with Gasteiger partial charge in [-0.15, -0.1) is 11.3 Å². The number of aromatic nitrogens is 2. The lowest BCUT2D eigenvalue weighted by atomic mass is 9.62. The van der Waals surface area contributed by atoms with Crippen LogP contribution in [0.2, 0.25) is 0 Å². The van der Waals surface area contributed by atoms with Gasteiger partial charge < -0.3 is 33.7 Å². The highest BCUT2D eigenvalue weighted by atomic mass is 32.1. The Bertz CT molecular complexity index is 1950. The number of thiophene rings is 1. The number of esters is 2. The molecule has 1 N–H and O–H groups in total. The molecule has 0 aromatic carbocycles. The highest BCUT2D eigenvalue weighted by Gasteiger charge is 2.70. The molecule has 6 rings (SSSR count). The maximum absolute atomic E-state index is 15.1. The summed E-state index contributed by atoms with van der Waals surface area (Å²) in [5.41, 5.74) is -3.87. The van der Waals surface area contributed by atoms with Crippen LogP contribution in [-0.2, 0) is 42.9 Å². The molecule has 0 radical (unpaired) electrons. The van der Waals surface area contributed by atoms with E-state index < -0.39 is 88.7 Å². The Morgan fingerprint density at radius 3 is 2.41 bits per heavy atom. The molecule has 0 spiro atoms. The van der Waals surface area contributed by atoms with Crippen LogP contribution in [-0.4, -0.2) is 137 Å². The first kappa shape index (κ1) is 44.9. The van der Waals surface area contributed by atoms with Crippen LogP contribution in [0.5, 0.6) is 0 Å². The van der Waals surface area contributed by atoms with Crippen molar-refractivity contribution in [2.24, 2.45) is 29.1 Å². The molecule has 0 aliphatic carbocycles. The van der Waals surface area contributed by atoms with Crippen molar-refractivity contribution >= 4 is 34.8 Å². The van der Waals surface area contributed by atoms with E-state index in [9.17, 15) is 19.5 Å². The number of aliphatic hydroxyl groups is 1. The molecule has 0 bridgehead atoms. The smallest absolute Gasteiger partial charge is 0.324 e. The largest absolute Gasteiger partial charge is 0.458 e. The third-order valence-corrected chi connectivity index (χ3v) is 14.1. The van der Waals surface area contributed by atoms with Gasteiger partial charge in [-0.3, -0.25) is 24.1 Å². The number of nitrogens with zero attached hydrogens (tertiary/aromatic N) is 4. The lowest BCUT2D eigenvalue weighted by molar-refractivity contribution is -0.296. The Labute approximate surface area is 351 Å². The quantitative estimate of drug-likeness (QED) is 0.240. The van der Waals surface area contributed by atoms with Crippen molar-refractivity contribution in [3.05, 3.63) is 35.5 Å². The highest BCUT2D eigenvalue weighted by Crippen LogP contribution is 2.55. The summed E-state index contributed by atoms with van der Waals surface area (Å²) in [5, 5.41) is 11.7. The molecule has 4 aliphatic heterocycles. The van der Waals surface area contributed by atoms with E-state index >= 15 is 4.79 Å². The normalized spacial score (nSPS) is 39.6. The third-order valence-electron chi connectivity index (χ3n) is 13.1. The van der Waals surface area contributed by atoms with Gasteiger partial charge in [-0.25, -0.2) is 9.97 Å². The second-order valence-corrected chi connectivity index (χ2v) is 18.9. The molecule has 4 saturated heterocycles. The van der Waals surface area contributed by atoms with E-state index in [-0.39, 0.29) is 43.9 Å². The highest BCUT2D eigenvalue weighted by molar-refractivity contribution is 7.15. The predicted molar refractivity (Wildman–Crippen MR) is 219 cm³/mol. The van der Waals surface area contributed by atoms with Gasteiger partial charge in [0.1, 0.15) is 36.6 Å². The van der Waals surface area contributed by atoms with Crippen molar-refractivity contribution in [3.8, 4) is 22.5 Å². The monoisotopic (exact) mass is 836 g/mol. The molecular formula is C44H60N4O10S. The predicted octanol–water partition coefficient (Wildman–Crippen LogP) is 4.17. The summed E-state index contributed by atoms with van der Waals surface area (Å²) in [6.07, 6.45) is -0.386. The van der Waals surface area contributed by atoms with Crippen LogP contribution in [0, 0.1) is 40.9 Å². The number of aliphatic hydroxyl groups excluding tert-OH is 1. The lowest BCUT2D eigenvalue weighted by Gasteiger charge is -2.48. The van der Waals surface area contributed by atoms with E-state index in [1.807, 2.05) is 63.7 Å². The molecule has 2 aromatic heterocycles. The first-order valence-electron chi connectivity index (χ1n) is 20.6. The van der Waals surface area contributed by atoms with Gasteiger partial charge in [-0.1, -0.05) is 39.5 Å². The number of rotatable bonds is 7. The zero-order valence-electron chi connectivity index (χ0n) is 36.1. The third kappa shape index (κ3) is 8.51. The van der Waals surface area contributed by atoms with Gasteiger partial charge in [0.15, 0.2) is 23.5 Å². The van der Waals surface area contributed by atoms with Gasteiger partial charge >= 0.3 is 11.9 Å². The second kappa shape index (κ2) is 17.4. The molecule has 0 unspecified atom stereocenters.